The minimum atomic E-state index is -0.635. The van der Waals surface area contributed by atoms with Crippen molar-refractivity contribution in [1.82, 2.24) is 4.98 Å². The van der Waals surface area contributed by atoms with E-state index in [1.165, 1.54) is 43.3 Å². The summed E-state index contributed by atoms with van der Waals surface area (Å²) in [5, 5.41) is 14.1. The Bertz CT molecular complexity index is 752. The van der Waals surface area contributed by atoms with Gasteiger partial charge in [-0.2, -0.15) is 0 Å². The highest BCUT2D eigenvalue weighted by Gasteiger charge is 2.24. The second-order valence-electron chi connectivity index (χ2n) is 4.30. The maximum atomic E-state index is 12.4. The molecule has 1 amide bonds. The van der Waals surface area contributed by atoms with Crippen molar-refractivity contribution < 1.29 is 14.5 Å². The number of carbonyl (C=O) groups is 1. The molecule has 1 N–H and O–H groups in total. The Morgan fingerprint density at radius 2 is 2.17 bits per heavy atom. The summed E-state index contributed by atoms with van der Waals surface area (Å²) >= 11 is 7.04. The number of nitro groups is 1. The number of hydrogen-bond acceptors (Lipinski definition) is 6. The fourth-order valence-electron chi connectivity index (χ4n) is 1.83. The number of benzene rings is 1. The van der Waals surface area contributed by atoms with Crippen molar-refractivity contribution in [2.24, 2.45) is 0 Å². The number of rotatable bonds is 5. The van der Waals surface area contributed by atoms with E-state index in [4.69, 9.17) is 16.3 Å². The van der Waals surface area contributed by atoms with Crippen LogP contribution in [0.4, 0.5) is 11.5 Å². The minimum absolute atomic E-state index is 0.0723. The predicted molar refractivity (Wildman–Crippen MR) is 88.6 cm³/mol. The van der Waals surface area contributed by atoms with Crippen molar-refractivity contribution in [1.29, 1.82) is 0 Å². The molecule has 1 aromatic carbocycles. The number of nitrogens with one attached hydrogen (secondary N) is 1. The lowest BCUT2D eigenvalue weighted by atomic mass is 10.1. The van der Waals surface area contributed by atoms with Crippen LogP contribution in [0.2, 0.25) is 5.02 Å². The first-order chi connectivity index (χ1) is 11.0. The van der Waals surface area contributed by atoms with Crippen molar-refractivity contribution in [3.63, 3.8) is 0 Å². The normalized spacial score (nSPS) is 10.2. The summed E-state index contributed by atoms with van der Waals surface area (Å²) in [4.78, 5) is 27.5. The summed E-state index contributed by atoms with van der Waals surface area (Å²) in [6, 6.07) is 5.72. The van der Waals surface area contributed by atoms with E-state index >= 15 is 0 Å². The molecule has 0 aliphatic rings. The van der Waals surface area contributed by atoms with Crippen LogP contribution < -0.4 is 10.1 Å². The third kappa shape index (κ3) is 3.91. The van der Waals surface area contributed by atoms with Crippen LogP contribution in [-0.4, -0.2) is 29.2 Å². The zero-order chi connectivity index (χ0) is 17.0. The first-order valence-corrected chi connectivity index (χ1v) is 7.90. The minimum Gasteiger partial charge on any atom is -0.495 e. The molecule has 0 saturated heterocycles. The first kappa shape index (κ1) is 17.0. The summed E-state index contributed by atoms with van der Waals surface area (Å²) in [6.45, 7) is 0. The summed E-state index contributed by atoms with van der Waals surface area (Å²) in [5.74, 6) is -0.0509. The standard InChI is InChI=1S/C14H12ClN3O4S/c1-22-11-6-10(18(20)21)9(5-12(11)23-2)14(19)17-13-4-3-8(15)7-16-13/h3-7H,1-2H3,(H,16,17,19). The molecule has 0 saturated carbocycles. The van der Waals surface area contributed by atoms with Gasteiger partial charge >= 0.3 is 0 Å². The maximum absolute atomic E-state index is 12.4. The molecule has 1 heterocycles. The summed E-state index contributed by atoms with van der Waals surface area (Å²) in [5.41, 5.74) is -0.414. The van der Waals surface area contributed by atoms with Crippen molar-refractivity contribution in [2.75, 3.05) is 18.7 Å². The lowest BCUT2D eigenvalue weighted by Gasteiger charge is -2.10. The van der Waals surface area contributed by atoms with E-state index < -0.39 is 10.8 Å². The zero-order valence-electron chi connectivity index (χ0n) is 12.2. The zero-order valence-corrected chi connectivity index (χ0v) is 13.8. The van der Waals surface area contributed by atoms with Crippen LogP contribution in [0.5, 0.6) is 5.75 Å². The second-order valence-corrected chi connectivity index (χ2v) is 5.58. The quantitative estimate of drug-likeness (QED) is 0.501. The molecule has 0 aliphatic heterocycles. The molecule has 9 heteroatoms. The van der Waals surface area contributed by atoms with Crippen molar-refractivity contribution in [3.8, 4) is 5.75 Å². The number of amides is 1. The Kier molecular flexibility index (Phi) is 5.41. The molecule has 7 nitrogen and oxygen atoms in total. The number of halogens is 1. The van der Waals surface area contributed by atoms with E-state index in [0.717, 1.165) is 0 Å². The van der Waals surface area contributed by atoms with E-state index in [9.17, 15) is 14.9 Å². The molecule has 0 bridgehead atoms. The Balaban J connectivity index is 2.41. The molecule has 0 fully saturated rings. The smallest absolute Gasteiger partial charge is 0.285 e. The van der Waals surface area contributed by atoms with E-state index in [0.29, 0.717) is 15.7 Å². The monoisotopic (exact) mass is 353 g/mol. The van der Waals surface area contributed by atoms with Crippen LogP contribution in [0, 0.1) is 10.1 Å². The summed E-state index contributed by atoms with van der Waals surface area (Å²) < 4.78 is 5.11. The van der Waals surface area contributed by atoms with E-state index in [1.807, 2.05) is 0 Å². The van der Waals surface area contributed by atoms with Gasteiger partial charge in [-0.05, 0) is 24.5 Å². The average molecular weight is 354 g/mol. The number of thioether (sulfide) groups is 1. The van der Waals surface area contributed by atoms with Crippen molar-refractivity contribution in [2.45, 2.75) is 4.90 Å². The molecule has 1 aromatic heterocycles. The fourth-order valence-corrected chi connectivity index (χ4v) is 2.53. The molecule has 0 spiro atoms. The number of ether oxygens (including phenoxy) is 1. The Labute approximate surface area is 141 Å². The number of anilines is 1. The number of carbonyl (C=O) groups excluding carboxylic acids is 1. The van der Waals surface area contributed by atoms with Crippen LogP contribution in [0.15, 0.2) is 35.4 Å². The predicted octanol–water partition coefficient (Wildman–Crippen LogP) is 3.63. The highest BCUT2D eigenvalue weighted by atomic mass is 35.5. The molecule has 2 rings (SSSR count). The molecule has 0 unspecified atom stereocenters. The Morgan fingerprint density at radius 3 is 2.70 bits per heavy atom. The highest BCUT2D eigenvalue weighted by molar-refractivity contribution is 7.98. The van der Waals surface area contributed by atoms with Gasteiger partial charge in [-0.15, -0.1) is 11.8 Å². The topological polar surface area (TPSA) is 94.4 Å². The highest BCUT2D eigenvalue weighted by Crippen LogP contribution is 2.34. The average Bonchev–Trinajstić information content (AvgIpc) is 2.55. The molecule has 2 aromatic rings. The van der Waals surface area contributed by atoms with E-state index in [1.54, 1.807) is 12.3 Å². The van der Waals surface area contributed by atoms with Gasteiger partial charge in [-0.1, -0.05) is 11.6 Å². The van der Waals surface area contributed by atoms with Gasteiger partial charge in [0.2, 0.25) is 0 Å². The molecule has 0 atom stereocenters. The maximum Gasteiger partial charge on any atom is 0.285 e. The number of aromatic nitrogens is 1. The van der Waals surface area contributed by atoms with Crippen LogP contribution in [0.3, 0.4) is 0 Å². The van der Waals surface area contributed by atoms with Crippen LogP contribution in [0.25, 0.3) is 0 Å². The largest absolute Gasteiger partial charge is 0.495 e. The van der Waals surface area contributed by atoms with Crippen molar-refractivity contribution >= 4 is 40.8 Å². The van der Waals surface area contributed by atoms with Crippen LogP contribution >= 0.6 is 23.4 Å². The molecule has 120 valence electrons. The van der Waals surface area contributed by atoms with Crippen molar-refractivity contribution in [3.05, 3.63) is 51.2 Å². The van der Waals surface area contributed by atoms with Gasteiger partial charge in [0.15, 0.2) is 0 Å². The van der Waals surface area contributed by atoms with E-state index in [2.05, 4.69) is 10.3 Å². The van der Waals surface area contributed by atoms with Gasteiger partial charge < -0.3 is 10.1 Å². The van der Waals surface area contributed by atoms with Crippen LogP contribution in [0.1, 0.15) is 10.4 Å². The number of pyridine rings is 1. The van der Waals surface area contributed by atoms with Gasteiger partial charge in [0.1, 0.15) is 17.1 Å². The van der Waals surface area contributed by atoms with Crippen LogP contribution in [-0.2, 0) is 0 Å². The lowest BCUT2D eigenvalue weighted by Crippen LogP contribution is -2.15. The van der Waals surface area contributed by atoms with Gasteiger partial charge in [0, 0.05) is 6.20 Å². The number of nitro benzene ring substituents is 1. The molecule has 0 radical (unpaired) electrons. The van der Waals surface area contributed by atoms with Gasteiger partial charge in [-0.25, -0.2) is 4.98 Å². The SMILES string of the molecule is COc1cc([N+](=O)[O-])c(C(=O)Nc2ccc(Cl)cn2)cc1SC. The van der Waals surface area contributed by atoms with Gasteiger partial charge in [0.05, 0.1) is 28.0 Å². The number of hydrogen-bond donors (Lipinski definition) is 1. The second kappa shape index (κ2) is 7.30. The third-order valence-electron chi connectivity index (χ3n) is 2.91. The molecular formula is C14H12ClN3O4S. The fraction of sp³-hybridized carbons (Fsp3) is 0.143. The number of nitrogens with zero attached hydrogens (tertiary/aromatic N) is 2. The number of methoxy groups -OCH3 is 1. The first-order valence-electron chi connectivity index (χ1n) is 6.29. The third-order valence-corrected chi connectivity index (χ3v) is 3.89. The van der Waals surface area contributed by atoms with Gasteiger partial charge in [-0.3, -0.25) is 14.9 Å². The molecule has 23 heavy (non-hydrogen) atoms. The van der Waals surface area contributed by atoms with E-state index in [-0.39, 0.29) is 17.1 Å². The summed E-state index contributed by atoms with van der Waals surface area (Å²) in [7, 11) is 1.41. The van der Waals surface area contributed by atoms with Gasteiger partial charge in [0.25, 0.3) is 11.6 Å². The Hall–Kier alpha value is -2.32. The molecular weight excluding hydrogens is 342 g/mol. The Morgan fingerprint density at radius 1 is 1.43 bits per heavy atom. The summed E-state index contributed by atoms with van der Waals surface area (Å²) in [6.07, 6.45) is 3.15. The molecule has 0 aliphatic carbocycles. The lowest BCUT2D eigenvalue weighted by molar-refractivity contribution is -0.385.